The standard InChI is InChI=1S/C14H11F2N3S/c1-7-5-10(16)12(6-9(7)15)19-13-11(18-14(19)20)4-3-8(2)17-13/h3-6H,1-2H3,(H,18,20). The van der Waals surface area contributed by atoms with Gasteiger partial charge >= 0.3 is 0 Å². The smallest absolute Gasteiger partial charge is 0.184 e. The van der Waals surface area contributed by atoms with Crippen LogP contribution in [0.1, 0.15) is 11.3 Å². The average Bonchev–Trinajstić information content (AvgIpc) is 2.69. The minimum atomic E-state index is -0.538. The largest absolute Gasteiger partial charge is 0.329 e. The van der Waals surface area contributed by atoms with Crippen molar-refractivity contribution in [3.8, 4) is 5.69 Å². The lowest BCUT2D eigenvalue weighted by atomic mass is 10.2. The molecule has 1 aromatic carbocycles. The van der Waals surface area contributed by atoms with E-state index in [1.165, 1.54) is 11.5 Å². The number of aryl methyl sites for hydroxylation is 2. The van der Waals surface area contributed by atoms with E-state index in [9.17, 15) is 8.78 Å². The van der Waals surface area contributed by atoms with Crippen molar-refractivity contribution in [3.05, 3.63) is 51.9 Å². The minimum Gasteiger partial charge on any atom is -0.329 e. The molecule has 0 bridgehead atoms. The van der Waals surface area contributed by atoms with E-state index in [1.807, 2.05) is 19.1 Å². The third-order valence-corrected chi connectivity index (χ3v) is 3.42. The quantitative estimate of drug-likeness (QED) is 0.688. The summed E-state index contributed by atoms with van der Waals surface area (Å²) in [5, 5.41) is 0. The summed E-state index contributed by atoms with van der Waals surface area (Å²) < 4.78 is 29.5. The van der Waals surface area contributed by atoms with Crippen LogP contribution in [0.25, 0.3) is 16.9 Å². The van der Waals surface area contributed by atoms with Gasteiger partial charge in [0.15, 0.2) is 10.4 Å². The number of hydrogen-bond donors (Lipinski definition) is 1. The van der Waals surface area contributed by atoms with Crippen LogP contribution in [0, 0.1) is 30.3 Å². The Hall–Kier alpha value is -2.08. The number of nitrogens with zero attached hydrogens (tertiary/aromatic N) is 2. The van der Waals surface area contributed by atoms with Gasteiger partial charge in [0.1, 0.15) is 11.6 Å². The maximum Gasteiger partial charge on any atom is 0.184 e. The zero-order chi connectivity index (χ0) is 14.4. The number of imidazole rings is 1. The molecule has 0 spiro atoms. The van der Waals surface area contributed by atoms with Crippen LogP contribution >= 0.6 is 12.2 Å². The van der Waals surface area contributed by atoms with Crippen molar-refractivity contribution in [3.63, 3.8) is 0 Å². The van der Waals surface area contributed by atoms with Gasteiger partial charge in [0.25, 0.3) is 0 Å². The number of benzene rings is 1. The Balaban J connectivity index is 2.40. The molecule has 0 saturated heterocycles. The number of nitrogens with one attached hydrogen (secondary N) is 1. The van der Waals surface area contributed by atoms with Crippen LogP contribution in [0.15, 0.2) is 24.3 Å². The van der Waals surface area contributed by atoms with Gasteiger partial charge in [-0.3, -0.25) is 4.57 Å². The number of hydrogen-bond acceptors (Lipinski definition) is 2. The predicted molar refractivity (Wildman–Crippen MR) is 75.6 cm³/mol. The van der Waals surface area contributed by atoms with Gasteiger partial charge in [-0.25, -0.2) is 13.8 Å². The lowest BCUT2D eigenvalue weighted by Crippen LogP contribution is -2.01. The zero-order valence-corrected chi connectivity index (χ0v) is 11.7. The second kappa shape index (κ2) is 4.49. The van der Waals surface area contributed by atoms with Gasteiger partial charge in [0.05, 0.1) is 11.2 Å². The molecular weight excluding hydrogens is 280 g/mol. The summed E-state index contributed by atoms with van der Waals surface area (Å²) in [6, 6.07) is 5.93. The molecule has 0 aliphatic heterocycles. The summed E-state index contributed by atoms with van der Waals surface area (Å²) >= 11 is 5.19. The monoisotopic (exact) mass is 291 g/mol. The molecule has 0 amide bonds. The van der Waals surface area contributed by atoms with Gasteiger partial charge < -0.3 is 4.98 Å². The highest BCUT2D eigenvalue weighted by Gasteiger charge is 2.14. The van der Waals surface area contributed by atoms with Gasteiger partial charge in [-0.2, -0.15) is 0 Å². The van der Waals surface area contributed by atoms with Crippen molar-refractivity contribution in [1.82, 2.24) is 14.5 Å². The molecule has 0 saturated carbocycles. The maximum absolute atomic E-state index is 14.1. The lowest BCUT2D eigenvalue weighted by Gasteiger charge is -2.07. The fourth-order valence-corrected chi connectivity index (χ4v) is 2.40. The summed E-state index contributed by atoms with van der Waals surface area (Å²) in [6.07, 6.45) is 0. The van der Waals surface area contributed by atoms with Crippen molar-refractivity contribution in [2.24, 2.45) is 0 Å². The van der Waals surface area contributed by atoms with E-state index < -0.39 is 11.6 Å². The Kier molecular flexibility index (Phi) is 2.90. The Morgan fingerprint density at radius 1 is 1.15 bits per heavy atom. The molecule has 0 fully saturated rings. The highest BCUT2D eigenvalue weighted by Crippen LogP contribution is 2.23. The second-order valence-electron chi connectivity index (χ2n) is 4.64. The molecular formula is C14H11F2N3S. The number of fused-ring (bicyclic) bond motifs is 1. The van der Waals surface area contributed by atoms with Crippen LogP contribution in [0.5, 0.6) is 0 Å². The van der Waals surface area contributed by atoms with E-state index in [-0.39, 0.29) is 16.0 Å². The van der Waals surface area contributed by atoms with E-state index >= 15 is 0 Å². The van der Waals surface area contributed by atoms with Gasteiger partial charge in [-0.1, -0.05) is 0 Å². The molecule has 0 aliphatic carbocycles. The Morgan fingerprint density at radius 3 is 2.65 bits per heavy atom. The summed E-state index contributed by atoms with van der Waals surface area (Å²) in [4.78, 5) is 7.28. The Morgan fingerprint density at radius 2 is 1.90 bits per heavy atom. The fourth-order valence-electron chi connectivity index (χ4n) is 2.11. The first-order chi connectivity index (χ1) is 9.47. The zero-order valence-electron chi connectivity index (χ0n) is 10.9. The number of aromatic amines is 1. The molecule has 6 heteroatoms. The molecule has 0 aliphatic rings. The summed E-state index contributed by atoms with van der Waals surface area (Å²) in [5.41, 5.74) is 2.25. The van der Waals surface area contributed by atoms with Gasteiger partial charge in [0.2, 0.25) is 0 Å². The highest BCUT2D eigenvalue weighted by atomic mass is 32.1. The van der Waals surface area contributed by atoms with Crippen LogP contribution in [0.2, 0.25) is 0 Å². The summed E-state index contributed by atoms with van der Waals surface area (Å²) in [7, 11) is 0. The molecule has 102 valence electrons. The van der Waals surface area contributed by atoms with E-state index in [0.29, 0.717) is 11.2 Å². The maximum atomic E-state index is 14.1. The normalized spacial score (nSPS) is 11.2. The molecule has 2 aromatic heterocycles. The lowest BCUT2D eigenvalue weighted by molar-refractivity contribution is 0.586. The fraction of sp³-hybridized carbons (Fsp3) is 0.143. The molecule has 3 rings (SSSR count). The first-order valence-electron chi connectivity index (χ1n) is 6.02. The SMILES string of the molecule is Cc1ccc2[nH]c(=S)n(-c3cc(F)c(C)cc3F)c2n1. The number of H-pyrrole nitrogens is 1. The van der Waals surface area contributed by atoms with Gasteiger partial charge in [-0.05, 0) is 49.8 Å². The molecule has 3 nitrogen and oxygen atoms in total. The number of pyridine rings is 1. The van der Waals surface area contributed by atoms with Crippen LogP contribution < -0.4 is 0 Å². The third-order valence-electron chi connectivity index (χ3n) is 3.14. The van der Waals surface area contributed by atoms with Crippen molar-refractivity contribution >= 4 is 23.4 Å². The molecule has 20 heavy (non-hydrogen) atoms. The number of aromatic nitrogens is 3. The highest BCUT2D eigenvalue weighted by molar-refractivity contribution is 7.71. The number of halogens is 2. The van der Waals surface area contributed by atoms with E-state index in [0.717, 1.165) is 17.8 Å². The first kappa shape index (κ1) is 12.9. The Bertz CT molecular complexity index is 880. The van der Waals surface area contributed by atoms with Gasteiger partial charge in [0, 0.05) is 11.8 Å². The minimum absolute atomic E-state index is 0.0578. The van der Waals surface area contributed by atoms with Crippen molar-refractivity contribution in [1.29, 1.82) is 0 Å². The van der Waals surface area contributed by atoms with Crippen molar-refractivity contribution < 1.29 is 8.78 Å². The first-order valence-corrected chi connectivity index (χ1v) is 6.42. The van der Waals surface area contributed by atoms with Crippen molar-refractivity contribution in [2.75, 3.05) is 0 Å². The molecule has 3 aromatic rings. The van der Waals surface area contributed by atoms with Crippen LogP contribution in [0.3, 0.4) is 0 Å². The summed E-state index contributed by atoms with van der Waals surface area (Å²) in [6.45, 7) is 3.34. The van der Waals surface area contributed by atoms with Gasteiger partial charge in [-0.15, -0.1) is 0 Å². The molecule has 1 N–H and O–H groups in total. The predicted octanol–water partition coefficient (Wildman–Crippen LogP) is 3.98. The molecule has 0 atom stereocenters. The van der Waals surface area contributed by atoms with Crippen LogP contribution in [-0.4, -0.2) is 14.5 Å². The van der Waals surface area contributed by atoms with E-state index in [4.69, 9.17) is 12.2 Å². The molecule has 0 radical (unpaired) electrons. The van der Waals surface area contributed by atoms with E-state index in [1.54, 1.807) is 0 Å². The molecule has 0 unspecified atom stereocenters. The topological polar surface area (TPSA) is 33.6 Å². The molecule has 2 heterocycles. The average molecular weight is 291 g/mol. The van der Waals surface area contributed by atoms with Crippen molar-refractivity contribution in [2.45, 2.75) is 13.8 Å². The number of rotatable bonds is 1. The third kappa shape index (κ3) is 1.92. The Labute approximate surface area is 118 Å². The van der Waals surface area contributed by atoms with Crippen LogP contribution in [0.4, 0.5) is 8.78 Å². The second-order valence-corrected chi connectivity index (χ2v) is 5.03. The van der Waals surface area contributed by atoms with E-state index in [2.05, 4.69) is 9.97 Å². The van der Waals surface area contributed by atoms with Crippen LogP contribution in [-0.2, 0) is 0 Å². The summed E-state index contributed by atoms with van der Waals surface area (Å²) in [5.74, 6) is -1.02.